The predicted molar refractivity (Wildman–Crippen MR) is 117 cm³/mol. The van der Waals surface area contributed by atoms with Gasteiger partial charge in [0.25, 0.3) is 5.69 Å². The Kier molecular flexibility index (Phi) is 10.2. The smallest absolute Gasteiger partial charge is 0.315 e. The number of nitro groups is 1. The highest BCUT2D eigenvalue weighted by atomic mass is 128. The highest BCUT2D eigenvalue weighted by Crippen LogP contribution is 2.43. The van der Waals surface area contributed by atoms with Gasteiger partial charge in [0.1, 0.15) is 12.5 Å². The number of nitro benzene ring substituents is 1. The molecule has 1 aromatic carbocycles. The minimum absolute atomic E-state index is 0.0345. The van der Waals surface area contributed by atoms with Crippen molar-refractivity contribution in [3.63, 3.8) is 0 Å². The van der Waals surface area contributed by atoms with Gasteiger partial charge in [0.15, 0.2) is 0 Å². The van der Waals surface area contributed by atoms with E-state index in [1.165, 1.54) is 20.3 Å². The number of hydrogen-bond acceptors (Lipinski definition) is 7. The van der Waals surface area contributed by atoms with Gasteiger partial charge in [0, 0.05) is 66.2 Å². The maximum atomic E-state index is 12.4. The second kappa shape index (κ2) is 11.6. The van der Waals surface area contributed by atoms with Gasteiger partial charge in [-0.05, 0) is 12.5 Å². The van der Waals surface area contributed by atoms with E-state index in [2.05, 4.69) is 54.0 Å². The van der Waals surface area contributed by atoms with Crippen molar-refractivity contribution < 1.29 is 24.2 Å². The van der Waals surface area contributed by atoms with E-state index < -0.39 is 22.7 Å². The van der Waals surface area contributed by atoms with Gasteiger partial charge in [-0.15, -0.1) is 0 Å². The second-order valence-corrected chi connectivity index (χ2v) is 5.52. The topological polar surface area (TPSA) is 99.9 Å². The fraction of sp³-hybridized carbons (Fsp3) is 0.353. The molecule has 8 nitrogen and oxygen atoms in total. The lowest BCUT2D eigenvalue weighted by atomic mass is 9.75. The molecule has 2 unspecified atom stereocenters. The van der Waals surface area contributed by atoms with Crippen LogP contribution in [0.1, 0.15) is 18.4 Å². The Morgan fingerprint density at radius 3 is 2.52 bits per heavy atom. The maximum Gasteiger partial charge on any atom is 0.315 e. The standard InChI is InChI=1S/C17H20N2O6.I2/c1-10-13(9-25-24-4)16(15(11(2)18-10)17(20)23-3)12-7-5-6-8-14(12)19(21)22;1-2/h5-8,15-16,18H,2,9H2,1,3-4H3;. The average Bonchev–Trinajstić information content (AvgIpc) is 2.67. The number of para-hydroxylation sites is 1. The summed E-state index contributed by atoms with van der Waals surface area (Å²) in [5.41, 5.74) is 2.07. The second-order valence-electron chi connectivity index (χ2n) is 5.52. The number of rotatable bonds is 6. The number of allylic oxidation sites excluding steroid dienone is 1. The molecule has 1 aromatic rings. The molecule has 1 aliphatic rings. The molecule has 0 fully saturated rings. The molecular formula is C17H20I2N2O6. The number of carbonyl (C=O) groups excluding carboxylic acids is 1. The first-order valence-electron chi connectivity index (χ1n) is 7.68. The van der Waals surface area contributed by atoms with Crippen molar-refractivity contribution in [2.24, 2.45) is 5.92 Å². The summed E-state index contributed by atoms with van der Waals surface area (Å²) in [6.45, 7) is 5.71. The van der Waals surface area contributed by atoms with Gasteiger partial charge >= 0.3 is 5.97 Å². The lowest BCUT2D eigenvalue weighted by molar-refractivity contribution is -0.385. The molecule has 0 amide bonds. The lowest BCUT2D eigenvalue weighted by Crippen LogP contribution is -2.38. The van der Waals surface area contributed by atoms with Crippen LogP contribution in [-0.2, 0) is 19.3 Å². The zero-order valence-electron chi connectivity index (χ0n) is 15.0. The molecule has 10 heteroatoms. The van der Waals surface area contributed by atoms with E-state index >= 15 is 0 Å². The first kappa shape index (κ1) is 23.8. The van der Waals surface area contributed by atoms with E-state index in [-0.39, 0.29) is 12.3 Å². The highest BCUT2D eigenvalue weighted by molar-refractivity contribution is 15.0. The molecule has 0 aliphatic carbocycles. The van der Waals surface area contributed by atoms with E-state index in [1.807, 2.05) is 0 Å². The number of ether oxygens (including phenoxy) is 1. The molecule has 27 heavy (non-hydrogen) atoms. The van der Waals surface area contributed by atoms with Crippen LogP contribution in [0.5, 0.6) is 0 Å². The van der Waals surface area contributed by atoms with Crippen molar-refractivity contribution in [3.05, 3.63) is 63.5 Å². The number of methoxy groups -OCH3 is 1. The number of benzene rings is 1. The first-order chi connectivity index (χ1) is 12.9. The maximum absolute atomic E-state index is 12.4. The van der Waals surface area contributed by atoms with E-state index in [0.717, 1.165) is 0 Å². The summed E-state index contributed by atoms with van der Waals surface area (Å²) in [4.78, 5) is 33.1. The minimum atomic E-state index is -0.828. The van der Waals surface area contributed by atoms with Gasteiger partial charge in [-0.2, -0.15) is 0 Å². The van der Waals surface area contributed by atoms with Gasteiger partial charge in [-0.1, -0.05) is 24.8 Å². The van der Waals surface area contributed by atoms with E-state index in [4.69, 9.17) is 9.62 Å². The van der Waals surface area contributed by atoms with Crippen molar-refractivity contribution in [1.82, 2.24) is 5.32 Å². The Morgan fingerprint density at radius 1 is 1.33 bits per heavy atom. The zero-order chi connectivity index (χ0) is 20.6. The molecule has 1 heterocycles. The van der Waals surface area contributed by atoms with Crippen LogP contribution in [0, 0.1) is 16.0 Å². The van der Waals surface area contributed by atoms with Crippen LogP contribution in [0.2, 0.25) is 0 Å². The molecule has 0 saturated carbocycles. The SMILES string of the molecule is C=C1NC(C)=C(COOC)C(c2ccccc2[N+](=O)[O-])C1C(=O)OC.II. The Hall–Kier alpha value is -1.25. The Balaban J connectivity index is 0.00000176. The summed E-state index contributed by atoms with van der Waals surface area (Å²) < 4.78 is 4.90. The predicted octanol–water partition coefficient (Wildman–Crippen LogP) is 4.21. The van der Waals surface area contributed by atoms with Gasteiger partial charge in [0.2, 0.25) is 0 Å². The summed E-state index contributed by atoms with van der Waals surface area (Å²) in [6, 6.07) is 6.29. The largest absolute Gasteiger partial charge is 0.468 e. The number of halogens is 2. The van der Waals surface area contributed by atoms with Gasteiger partial charge in [-0.25, -0.2) is 9.78 Å². The van der Waals surface area contributed by atoms with Crippen LogP contribution in [0.25, 0.3) is 0 Å². The van der Waals surface area contributed by atoms with Gasteiger partial charge in [-0.3, -0.25) is 14.9 Å². The van der Waals surface area contributed by atoms with E-state index in [0.29, 0.717) is 22.5 Å². The molecule has 2 atom stereocenters. The molecule has 0 spiro atoms. The zero-order valence-corrected chi connectivity index (χ0v) is 19.3. The fourth-order valence-corrected chi connectivity index (χ4v) is 3.04. The Bertz CT molecular complexity index is 738. The minimum Gasteiger partial charge on any atom is -0.468 e. The Morgan fingerprint density at radius 2 is 1.96 bits per heavy atom. The molecule has 0 radical (unpaired) electrons. The highest BCUT2D eigenvalue weighted by Gasteiger charge is 2.42. The molecule has 0 aromatic heterocycles. The van der Waals surface area contributed by atoms with Crippen molar-refractivity contribution >= 4 is 48.9 Å². The molecule has 148 valence electrons. The van der Waals surface area contributed by atoms with Crippen molar-refractivity contribution in [2.45, 2.75) is 12.8 Å². The van der Waals surface area contributed by atoms with E-state index in [9.17, 15) is 14.9 Å². The monoisotopic (exact) mass is 602 g/mol. The number of hydrogen-bond donors (Lipinski definition) is 1. The summed E-state index contributed by atoms with van der Waals surface area (Å²) in [6.07, 6.45) is 0. The van der Waals surface area contributed by atoms with Crippen molar-refractivity contribution in [2.75, 3.05) is 20.8 Å². The molecular weight excluding hydrogens is 582 g/mol. The third-order valence-electron chi connectivity index (χ3n) is 4.17. The van der Waals surface area contributed by atoms with Crippen molar-refractivity contribution in [3.8, 4) is 0 Å². The summed E-state index contributed by atoms with van der Waals surface area (Å²) >= 11 is 4.24. The van der Waals surface area contributed by atoms with Gasteiger partial charge in [0.05, 0.1) is 19.1 Å². The van der Waals surface area contributed by atoms with Crippen LogP contribution in [0.3, 0.4) is 0 Å². The van der Waals surface area contributed by atoms with E-state index in [1.54, 1.807) is 25.1 Å². The van der Waals surface area contributed by atoms with Crippen LogP contribution in [-0.4, -0.2) is 31.7 Å². The fourth-order valence-electron chi connectivity index (χ4n) is 3.04. The van der Waals surface area contributed by atoms with Crippen LogP contribution < -0.4 is 5.32 Å². The lowest BCUT2D eigenvalue weighted by Gasteiger charge is -2.35. The molecule has 0 bridgehead atoms. The number of nitrogens with zero attached hydrogens (tertiary/aromatic N) is 1. The summed E-state index contributed by atoms with van der Waals surface area (Å²) in [5.74, 6) is -2.02. The molecule has 2 rings (SSSR count). The van der Waals surface area contributed by atoms with Crippen LogP contribution in [0.4, 0.5) is 5.69 Å². The third-order valence-corrected chi connectivity index (χ3v) is 4.17. The molecule has 1 aliphatic heterocycles. The number of nitrogens with one attached hydrogen (secondary N) is 1. The summed E-state index contributed by atoms with van der Waals surface area (Å²) in [5, 5.41) is 14.5. The van der Waals surface area contributed by atoms with Crippen LogP contribution >= 0.6 is 37.2 Å². The molecule has 0 saturated heterocycles. The van der Waals surface area contributed by atoms with Crippen molar-refractivity contribution in [1.29, 1.82) is 0 Å². The average molecular weight is 602 g/mol. The van der Waals surface area contributed by atoms with Gasteiger partial charge < -0.3 is 10.1 Å². The normalized spacial score (nSPS) is 18.9. The first-order valence-corrected chi connectivity index (χ1v) is 14.0. The number of carbonyl (C=O) groups is 1. The molecule has 1 N–H and O–H groups in total. The summed E-state index contributed by atoms with van der Waals surface area (Å²) in [7, 11) is 2.63. The Labute approximate surface area is 180 Å². The quantitative estimate of drug-likeness (QED) is 0.171. The third kappa shape index (κ3) is 5.62. The van der Waals surface area contributed by atoms with Crippen LogP contribution in [0.15, 0.2) is 47.8 Å². The number of esters is 1.